The van der Waals surface area contributed by atoms with Gasteiger partial charge in [-0.1, -0.05) is 104 Å². The van der Waals surface area contributed by atoms with Gasteiger partial charge in [-0.25, -0.2) is 4.57 Å². The van der Waals surface area contributed by atoms with Gasteiger partial charge < -0.3 is 24.3 Å². The molecule has 0 aromatic carbocycles. The lowest BCUT2D eigenvalue weighted by molar-refractivity contribution is -0.870. The van der Waals surface area contributed by atoms with Gasteiger partial charge in [0, 0.05) is 0 Å². The average molecular weight is 429 g/mol. The molecule has 0 heterocycles. The van der Waals surface area contributed by atoms with Crippen molar-refractivity contribution < 1.29 is 28.8 Å². The second-order valence-electron chi connectivity index (χ2n) is 8.49. The topological polar surface area (TPSA) is 98.0 Å². The molecule has 0 spiro atoms. The van der Waals surface area contributed by atoms with Crippen molar-refractivity contribution in [2.45, 2.75) is 104 Å². The Morgan fingerprint density at radius 2 is 0.821 bits per heavy atom. The first-order chi connectivity index (χ1) is 13.0. The second kappa shape index (κ2) is 23.3. The zero-order chi connectivity index (χ0) is 22.3. The maximum absolute atomic E-state index is 8.88. The van der Waals surface area contributed by atoms with Crippen molar-refractivity contribution in [3.63, 3.8) is 0 Å². The lowest BCUT2D eigenvalue weighted by Crippen LogP contribution is -2.36. The monoisotopic (exact) mass is 428 g/mol. The molecule has 0 saturated heterocycles. The molecule has 0 bridgehead atoms. The van der Waals surface area contributed by atoms with E-state index in [0.29, 0.717) is 0 Å². The van der Waals surface area contributed by atoms with Crippen molar-refractivity contribution in [2.24, 2.45) is 0 Å². The molecular formula is C21H51NO5P+. The molecular weight excluding hydrogens is 377 g/mol. The van der Waals surface area contributed by atoms with Crippen molar-refractivity contribution in [1.29, 1.82) is 0 Å². The Morgan fingerprint density at radius 1 is 0.607 bits per heavy atom. The highest BCUT2D eigenvalue weighted by Crippen LogP contribution is 2.25. The molecule has 0 radical (unpaired) electrons. The summed E-state index contributed by atoms with van der Waals surface area (Å²) in [5, 5.41) is 8.39. The third-order valence-electron chi connectivity index (χ3n) is 4.23. The average Bonchev–Trinajstić information content (AvgIpc) is 2.54. The van der Waals surface area contributed by atoms with Crippen molar-refractivity contribution >= 4 is 7.82 Å². The zero-order valence-electron chi connectivity index (χ0n) is 19.4. The third kappa shape index (κ3) is 56.2. The molecule has 0 atom stereocenters. The molecule has 4 N–H and O–H groups in total. The summed E-state index contributed by atoms with van der Waals surface area (Å²) in [5.74, 6) is 0. The summed E-state index contributed by atoms with van der Waals surface area (Å²) in [6.45, 7) is 5.70. The van der Waals surface area contributed by atoms with E-state index in [2.05, 4.69) is 35.0 Å². The number of hydrogen-bond acceptors (Lipinski definition) is 2. The largest absolute Gasteiger partial charge is 0.466 e. The lowest BCUT2D eigenvalue weighted by atomic mass is 10.0. The van der Waals surface area contributed by atoms with E-state index in [9.17, 15) is 0 Å². The molecule has 28 heavy (non-hydrogen) atoms. The smallest absolute Gasteiger partial charge is 0.391 e. The van der Waals surface area contributed by atoms with Crippen LogP contribution in [0.1, 0.15) is 104 Å². The van der Waals surface area contributed by atoms with E-state index in [1.54, 1.807) is 0 Å². The Kier molecular flexibility index (Phi) is 27.2. The molecule has 0 amide bonds. The quantitative estimate of drug-likeness (QED) is 0.162. The van der Waals surface area contributed by atoms with Gasteiger partial charge in [-0.15, -0.1) is 0 Å². The van der Waals surface area contributed by atoms with Crippen LogP contribution in [0.2, 0.25) is 0 Å². The molecule has 0 fully saturated rings. The Balaban J connectivity index is -0.000000427. The summed E-state index contributed by atoms with van der Waals surface area (Å²) >= 11 is 0. The number of phosphoric acid groups is 1. The van der Waals surface area contributed by atoms with Gasteiger partial charge >= 0.3 is 7.82 Å². The standard InChI is InChI=1S/C16H34.C5H14NO.H3O4P/c1-3-5-7-9-11-13-15-16-14-12-10-8-6-4-2;1-6(2,3)4-5-7;1-5(2,3)4/h3-16H2,1-2H3;7H,4-5H2,1-3H3;(H3,1,2,3,4)/q;+1;. The van der Waals surface area contributed by atoms with Crippen molar-refractivity contribution in [1.82, 2.24) is 0 Å². The zero-order valence-corrected chi connectivity index (χ0v) is 20.3. The molecule has 0 saturated carbocycles. The van der Waals surface area contributed by atoms with E-state index in [0.717, 1.165) is 11.0 Å². The second-order valence-corrected chi connectivity index (χ2v) is 9.52. The molecule has 174 valence electrons. The number of likely N-dealkylation sites (N-methyl/N-ethyl adjacent to an activating group) is 1. The van der Waals surface area contributed by atoms with Gasteiger partial charge in [0.2, 0.25) is 0 Å². The van der Waals surface area contributed by atoms with Crippen LogP contribution in [-0.2, 0) is 4.57 Å². The summed E-state index contributed by atoms with van der Waals surface area (Å²) in [7, 11) is 1.52. The molecule has 0 aliphatic heterocycles. The predicted molar refractivity (Wildman–Crippen MR) is 120 cm³/mol. The van der Waals surface area contributed by atoms with Gasteiger partial charge in [0.25, 0.3) is 0 Å². The first-order valence-electron chi connectivity index (χ1n) is 11.2. The van der Waals surface area contributed by atoms with Crippen LogP contribution >= 0.6 is 7.82 Å². The summed E-state index contributed by atoms with van der Waals surface area (Å²) in [6.07, 6.45) is 20.4. The Morgan fingerprint density at radius 3 is 0.929 bits per heavy atom. The lowest BCUT2D eigenvalue weighted by Gasteiger charge is -2.21. The van der Waals surface area contributed by atoms with E-state index in [4.69, 9.17) is 24.4 Å². The highest BCUT2D eigenvalue weighted by atomic mass is 31.2. The number of aliphatic hydroxyl groups is 1. The minimum atomic E-state index is -4.64. The first-order valence-corrected chi connectivity index (χ1v) is 12.7. The van der Waals surface area contributed by atoms with E-state index in [1.165, 1.54) is 89.9 Å². The van der Waals surface area contributed by atoms with E-state index in [1.807, 2.05) is 0 Å². The first kappa shape index (κ1) is 32.7. The third-order valence-corrected chi connectivity index (χ3v) is 4.23. The molecule has 7 heteroatoms. The number of rotatable bonds is 15. The fourth-order valence-corrected chi connectivity index (χ4v) is 2.57. The summed E-state index contributed by atoms with van der Waals surface area (Å²) in [4.78, 5) is 21.6. The number of hydrogen-bond donors (Lipinski definition) is 4. The summed E-state index contributed by atoms with van der Waals surface area (Å²) < 4.78 is 9.73. The van der Waals surface area contributed by atoms with Crippen LogP contribution in [0.15, 0.2) is 0 Å². The highest BCUT2D eigenvalue weighted by molar-refractivity contribution is 7.45. The van der Waals surface area contributed by atoms with Crippen molar-refractivity contribution in [2.75, 3.05) is 34.3 Å². The van der Waals surface area contributed by atoms with Crippen molar-refractivity contribution in [3.05, 3.63) is 0 Å². The normalized spacial score (nSPS) is 11.3. The molecule has 0 aromatic heterocycles. The van der Waals surface area contributed by atoms with Crippen LogP contribution in [0.5, 0.6) is 0 Å². The van der Waals surface area contributed by atoms with Gasteiger partial charge in [-0.2, -0.15) is 0 Å². The van der Waals surface area contributed by atoms with Crippen molar-refractivity contribution in [3.8, 4) is 0 Å². The number of nitrogens with zero attached hydrogens (tertiary/aromatic N) is 1. The summed E-state index contributed by atoms with van der Waals surface area (Å²) in [5.41, 5.74) is 0. The molecule has 6 nitrogen and oxygen atoms in total. The predicted octanol–water partition coefficient (Wildman–Crippen LogP) is 5.24. The SMILES string of the molecule is CCCCCCCCCCCCCCCC.C[N+](C)(C)CCO.O=P(O)(O)O. The van der Waals surface area contributed by atoms with Gasteiger partial charge in [-0.05, 0) is 0 Å². The van der Waals surface area contributed by atoms with Crippen LogP contribution in [0.25, 0.3) is 0 Å². The van der Waals surface area contributed by atoms with Gasteiger partial charge in [0.05, 0.1) is 27.7 Å². The highest BCUT2D eigenvalue weighted by Gasteiger charge is 2.02. The maximum Gasteiger partial charge on any atom is 0.466 e. The van der Waals surface area contributed by atoms with E-state index >= 15 is 0 Å². The molecule has 0 aliphatic carbocycles. The molecule has 0 aliphatic rings. The van der Waals surface area contributed by atoms with Crippen LogP contribution in [0, 0.1) is 0 Å². The van der Waals surface area contributed by atoms with Gasteiger partial charge in [-0.3, -0.25) is 0 Å². The Labute approximate surface area is 175 Å². The Bertz CT molecular complexity index is 307. The van der Waals surface area contributed by atoms with Crippen LogP contribution in [0.3, 0.4) is 0 Å². The van der Waals surface area contributed by atoms with Crippen LogP contribution < -0.4 is 0 Å². The van der Waals surface area contributed by atoms with Crippen LogP contribution in [0.4, 0.5) is 0 Å². The minimum Gasteiger partial charge on any atom is -0.391 e. The van der Waals surface area contributed by atoms with Crippen LogP contribution in [-0.4, -0.2) is 58.6 Å². The van der Waals surface area contributed by atoms with E-state index in [-0.39, 0.29) is 6.61 Å². The minimum absolute atomic E-state index is 0.281. The van der Waals surface area contributed by atoms with Gasteiger partial charge in [0.1, 0.15) is 6.54 Å². The van der Waals surface area contributed by atoms with E-state index < -0.39 is 7.82 Å². The maximum atomic E-state index is 8.88. The molecule has 0 aromatic rings. The fraction of sp³-hybridized carbons (Fsp3) is 1.00. The number of quaternary nitrogens is 1. The number of unbranched alkanes of at least 4 members (excludes halogenated alkanes) is 13. The Hall–Kier alpha value is 0.0300. The fourth-order valence-electron chi connectivity index (χ4n) is 2.57. The molecule has 0 unspecified atom stereocenters. The number of aliphatic hydroxyl groups excluding tert-OH is 1. The summed E-state index contributed by atoms with van der Waals surface area (Å²) in [6, 6.07) is 0. The van der Waals surface area contributed by atoms with Gasteiger partial charge in [0.15, 0.2) is 0 Å². The molecule has 0 rings (SSSR count).